The number of hydrogen-bond acceptors (Lipinski definition) is 3. The zero-order valence-electron chi connectivity index (χ0n) is 12.7. The number of aromatic nitrogens is 1. The van der Waals surface area contributed by atoms with Gasteiger partial charge >= 0.3 is 0 Å². The first-order chi connectivity index (χ1) is 11.7. The summed E-state index contributed by atoms with van der Waals surface area (Å²) in [6, 6.07) is 13.4. The van der Waals surface area contributed by atoms with Crippen molar-refractivity contribution in [3.63, 3.8) is 0 Å². The van der Waals surface area contributed by atoms with E-state index in [0.717, 1.165) is 33.0 Å². The predicted molar refractivity (Wildman–Crippen MR) is 99.5 cm³/mol. The molecule has 24 heavy (non-hydrogen) atoms. The summed E-state index contributed by atoms with van der Waals surface area (Å²) in [5.74, 6) is 0. The fraction of sp³-hybridized carbons (Fsp3) is 0.0526. The van der Waals surface area contributed by atoms with Crippen molar-refractivity contribution < 1.29 is 0 Å². The first kappa shape index (κ1) is 14.6. The first-order valence-corrected chi connectivity index (χ1v) is 8.34. The minimum Gasteiger partial charge on any atom is -0.326 e. The van der Waals surface area contributed by atoms with Crippen LogP contribution < -0.4 is 11.3 Å². The molecule has 0 aliphatic carbocycles. The summed E-state index contributed by atoms with van der Waals surface area (Å²) in [6.07, 6.45) is 0. The van der Waals surface area contributed by atoms with Crippen LogP contribution in [0.3, 0.4) is 0 Å². The molecule has 116 valence electrons. The van der Waals surface area contributed by atoms with Crippen LogP contribution in [0.4, 0.5) is 5.69 Å². The Morgan fingerprint density at radius 2 is 1.92 bits per heavy atom. The van der Waals surface area contributed by atoms with Crippen molar-refractivity contribution in [3.8, 4) is 11.1 Å². The molecule has 0 atom stereocenters. The number of fused-ring (bicyclic) bond motifs is 3. The number of nitrogens with one attached hydrogen (secondary N) is 1. The normalized spacial score (nSPS) is 11.0. The van der Waals surface area contributed by atoms with Crippen LogP contribution in [0.5, 0.6) is 0 Å². The molecular weight excluding hydrogens is 318 g/mol. The molecule has 2 aromatic heterocycles. The third-order valence-corrected chi connectivity index (χ3v) is 5.08. The average molecular weight is 331 g/mol. The van der Waals surface area contributed by atoms with Crippen LogP contribution >= 0.6 is 11.3 Å². The number of thiophene rings is 1. The van der Waals surface area contributed by atoms with Crippen molar-refractivity contribution in [3.05, 3.63) is 75.2 Å². The number of rotatable bonds is 2. The van der Waals surface area contributed by atoms with E-state index in [2.05, 4.69) is 9.83 Å². The molecule has 0 aliphatic heterocycles. The van der Waals surface area contributed by atoms with Crippen LogP contribution in [0.2, 0.25) is 0 Å². The SMILES string of the molecule is [C-]#[N+]c1ccc2[nH]c(=O)c3sccc3c2c1-c1ccc(CN)cc1. The summed E-state index contributed by atoms with van der Waals surface area (Å²) in [6.45, 7) is 8.02. The van der Waals surface area contributed by atoms with Crippen molar-refractivity contribution in [2.24, 2.45) is 5.73 Å². The minimum atomic E-state index is -0.0903. The monoisotopic (exact) mass is 331 g/mol. The summed E-state index contributed by atoms with van der Waals surface area (Å²) >= 11 is 1.41. The lowest BCUT2D eigenvalue weighted by molar-refractivity contribution is 1.07. The van der Waals surface area contributed by atoms with Gasteiger partial charge in [0.15, 0.2) is 5.69 Å². The summed E-state index contributed by atoms with van der Waals surface area (Å²) in [5.41, 5.74) is 9.74. The van der Waals surface area contributed by atoms with Crippen molar-refractivity contribution in [1.82, 2.24) is 4.98 Å². The smallest absolute Gasteiger partial charge is 0.266 e. The van der Waals surface area contributed by atoms with Crippen LogP contribution in [-0.4, -0.2) is 4.98 Å². The van der Waals surface area contributed by atoms with Gasteiger partial charge in [-0.25, -0.2) is 4.85 Å². The Kier molecular flexibility index (Phi) is 3.42. The second kappa shape index (κ2) is 5.60. The standard InChI is InChI=1S/C19H13N3OS/c1-21-14-6-7-15-17(13-8-9-24-18(13)19(23)22-15)16(14)12-4-2-11(10-20)3-5-12/h2-9H,10,20H2,(H,22,23). The molecule has 0 spiro atoms. The van der Waals surface area contributed by atoms with Gasteiger partial charge in [0.2, 0.25) is 0 Å². The molecule has 2 heterocycles. The Morgan fingerprint density at radius 1 is 1.12 bits per heavy atom. The Hall–Kier alpha value is -2.94. The van der Waals surface area contributed by atoms with E-state index in [0.29, 0.717) is 16.9 Å². The van der Waals surface area contributed by atoms with Gasteiger partial charge in [0, 0.05) is 22.8 Å². The zero-order chi connectivity index (χ0) is 16.7. The largest absolute Gasteiger partial charge is 0.326 e. The third-order valence-electron chi connectivity index (χ3n) is 4.17. The van der Waals surface area contributed by atoms with E-state index in [1.807, 2.05) is 35.7 Å². The van der Waals surface area contributed by atoms with Gasteiger partial charge in [-0.15, -0.1) is 11.3 Å². The number of hydrogen-bond donors (Lipinski definition) is 2. The maximum absolute atomic E-state index is 12.2. The van der Waals surface area contributed by atoms with E-state index < -0.39 is 0 Å². The van der Waals surface area contributed by atoms with E-state index in [4.69, 9.17) is 12.3 Å². The number of pyridine rings is 1. The van der Waals surface area contributed by atoms with Gasteiger partial charge in [0.1, 0.15) is 4.70 Å². The highest BCUT2D eigenvalue weighted by molar-refractivity contribution is 7.17. The second-order valence-electron chi connectivity index (χ2n) is 5.51. The number of aromatic amines is 1. The molecule has 3 N–H and O–H groups in total. The quantitative estimate of drug-likeness (QED) is 0.534. The number of nitrogens with two attached hydrogens (primary N) is 1. The van der Waals surface area contributed by atoms with E-state index in [1.54, 1.807) is 12.1 Å². The number of benzene rings is 2. The van der Waals surface area contributed by atoms with Crippen LogP contribution in [0.25, 0.3) is 37.0 Å². The van der Waals surface area contributed by atoms with E-state index in [-0.39, 0.29) is 5.56 Å². The minimum absolute atomic E-state index is 0.0903. The highest BCUT2D eigenvalue weighted by atomic mass is 32.1. The van der Waals surface area contributed by atoms with Crippen molar-refractivity contribution in [2.75, 3.05) is 0 Å². The van der Waals surface area contributed by atoms with Crippen molar-refractivity contribution in [2.45, 2.75) is 6.54 Å². The predicted octanol–water partition coefficient (Wildman–Crippen LogP) is 4.42. The molecule has 4 nitrogen and oxygen atoms in total. The lowest BCUT2D eigenvalue weighted by Gasteiger charge is -2.11. The van der Waals surface area contributed by atoms with Crippen molar-refractivity contribution in [1.29, 1.82) is 0 Å². The Morgan fingerprint density at radius 3 is 2.62 bits per heavy atom. The van der Waals surface area contributed by atoms with Gasteiger partial charge in [-0.1, -0.05) is 30.3 Å². The maximum Gasteiger partial charge on any atom is 0.266 e. The van der Waals surface area contributed by atoms with Crippen molar-refractivity contribution >= 4 is 38.0 Å². The van der Waals surface area contributed by atoms with Gasteiger partial charge in [-0.3, -0.25) is 4.79 Å². The second-order valence-corrected chi connectivity index (χ2v) is 6.43. The summed E-state index contributed by atoms with van der Waals surface area (Å²) < 4.78 is 0.685. The summed E-state index contributed by atoms with van der Waals surface area (Å²) in [4.78, 5) is 18.8. The highest BCUT2D eigenvalue weighted by Crippen LogP contribution is 2.40. The van der Waals surface area contributed by atoms with Crippen LogP contribution in [-0.2, 0) is 6.54 Å². The Bertz CT molecular complexity index is 1160. The van der Waals surface area contributed by atoms with Crippen LogP contribution in [0.1, 0.15) is 5.56 Å². The molecule has 0 saturated carbocycles. The number of nitrogens with zero attached hydrogens (tertiary/aromatic N) is 1. The first-order valence-electron chi connectivity index (χ1n) is 7.46. The molecule has 0 unspecified atom stereocenters. The molecule has 0 radical (unpaired) electrons. The molecule has 0 amide bonds. The lowest BCUT2D eigenvalue weighted by Crippen LogP contribution is -2.04. The van der Waals surface area contributed by atoms with Crippen LogP contribution in [0, 0.1) is 6.57 Å². The van der Waals surface area contributed by atoms with Gasteiger partial charge < -0.3 is 10.7 Å². The summed E-state index contributed by atoms with van der Waals surface area (Å²) in [5, 5.41) is 3.72. The number of H-pyrrole nitrogens is 1. The Labute approximate surface area is 142 Å². The molecule has 0 aliphatic rings. The van der Waals surface area contributed by atoms with Crippen LogP contribution in [0.15, 0.2) is 52.6 Å². The fourth-order valence-electron chi connectivity index (χ4n) is 3.03. The molecule has 4 aromatic rings. The molecule has 5 heteroatoms. The molecule has 0 fully saturated rings. The van der Waals surface area contributed by atoms with E-state index in [9.17, 15) is 4.79 Å². The highest BCUT2D eigenvalue weighted by Gasteiger charge is 2.15. The molecule has 0 saturated heterocycles. The Balaban J connectivity index is 2.17. The van der Waals surface area contributed by atoms with Gasteiger partial charge in [-0.2, -0.15) is 0 Å². The maximum atomic E-state index is 12.2. The molecule has 2 aromatic carbocycles. The molecule has 0 bridgehead atoms. The molecule has 4 rings (SSSR count). The zero-order valence-corrected chi connectivity index (χ0v) is 13.5. The third kappa shape index (κ3) is 2.13. The topological polar surface area (TPSA) is 63.2 Å². The average Bonchev–Trinajstić information content (AvgIpc) is 3.11. The summed E-state index contributed by atoms with van der Waals surface area (Å²) in [7, 11) is 0. The van der Waals surface area contributed by atoms with Gasteiger partial charge in [-0.05, 0) is 34.2 Å². The van der Waals surface area contributed by atoms with E-state index in [1.165, 1.54) is 11.3 Å². The van der Waals surface area contributed by atoms with E-state index >= 15 is 0 Å². The fourth-order valence-corrected chi connectivity index (χ4v) is 3.82. The van der Waals surface area contributed by atoms with Gasteiger partial charge in [0.05, 0.1) is 6.57 Å². The van der Waals surface area contributed by atoms with Gasteiger partial charge in [0.25, 0.3) is 5.56 Å². The molecular formula is C19H13N3OS. The lowest BCUT2D eigenvalue weighted by atomic mass is 9.96.